The summed E-state index contributed by atoms with van der Waals surface area (Å²) in [6.45, 7) is 2.41. The fourth-order valence-corrected chi connectivity index (χ4v) is 3.75. The van der Waals surface area contributed by atoms with Crippen molar-refractivity contribution in [1.82, 2.24) is 9.88 Å². The van der Waals surface area contributed by atoms with Gasteiger partial charge in [-0.05, 0) is 12.5 Å². The largest absolute Gasteiger partial charge is 0.507 e. The lowest BCUT2D eigenvalue weighted by Crippen LogP contribution is -2.30. The number of aromatic amines is 1. The van der Waals surface area contributed by atoms with E-state index in [0.717, 1.165) is 22.9 Å². The third kappa shape index (κ3) is 2.72. The van der Waals surface area contributed by atoms with E-state index in [-0.39, 0.29) is 11.3 Å². The van der Waals surface area contributed by atoms with Gasteiger partial charge in [-0.15, -0.1) is 0 Å². The molecule has 1 fully saturated rings. The summed E-state index contributed by atoms with van der Waals surface area (Å²) in [5.41, 5.74) is 2.41. The molecular formula is C22H20N2O3. The van der Waals surface area contributed by atoms with Gasteiger partial charge in [0.05, 0.1) is 11.6 Å². The van der Waals surface area contributed by atoms with Crippen LogP contribution in [0.4, 0.5) is 0 Å². The van der Waals surface area contributed by atoms with Gasteiger partial charge in [-0.2, -0.15) is 0 Å². The molecule has 5 heteroatoms. The molecule has 0 spiro atoms. The van der Waals surface area contributed by atoms with E-state index in [1.54, 1.807) is 29.2 Å². The van der Waals surface area contributed by atoms with Crippen molar-refractivity contribution in [1.29, 1.82) is 0 Å². The monoisotopic (exact) mass is 360 g/mol. The summed E-state index contributed by atoms with van der Waals surface area (Å²) in [6, 6.07) is 16.0. The minimum atomic E-state index is -0.639. The molecular weight excluding hydrogens is 340 g/mol. The molecule has 2 heterocycles. The van der Waals surface area contributed by atoms with Gasteiger partial charge in [0.25, 0.3) is 11.7 Å². The second-order valence-electron chi connectivity index (χ2n) is 6.65. The van der Waals surface area contributed by atoms with Crippen LogP contribution in [0.25, 0.3) is 16.7 Å². The number of para-hydroxylation sites is 1. The summed E-state index contributed by atoms with van der Waals surface area (Å²) in [7, 11) is 0. The highest BCUT2D eigenvalue weighted by Crippen LogP contribution is 2.41. The molecule has 0 bridgehead atoms. The maximum atomic E-state index is 12.8. The van der Waals surface area contributed by atoms with Crippen LogP contribution in [-0.2, 0) is 9.59 Å². The normalized spacial score (nSPS) is 19.1. The number of benzene rings is 2. The Balaban J connectivity index is 1.95. The lowest BCUT2D eigenvalue weighted by molar-refractivity contribution is -0.139. The predicted molar refractivity (Wildman–Crippen MR) is 104 cm³/mol. The molecule has 1 saturated heterocycles. The first kappa shape index (κ1) is 17.1. The number of ketones is 1. The summed E-state index contributed by atoms with van der Waals surface area (Å²) < 4.78 is 0. The number of aromatic nitrogens is 1. The van der Waals surface area contributed by atoms with E-state index < -0.39 is 17.7 Å². The third-order valence-corrected chi connectivity index (χ3v) is 4.97. The number of aliphatic hydroxyl groups is 1. The first-order valence-corrected chi connectivity index (χ1v) is 9.03. The van der Waals surface area contributed by atoms with E-state index in [1.807, 2.05) is 43.5 Å². The number of H-pyrrole nitrogens is 1. The maximum Gasteiger partial charge on any atom is 0.295 e. The highest BCUT2D eigenvalue weighted by Gasteiger charge is 2.46. The Morgan fingerprint density at radius 1 is 1.07 bits per heavy atom. The van der Waals surface area contributed by atoms with Crippen molar-refractivity contribution in [2.45, 2.75) is 19.4 Å². The Hall–Kier alpha value is -3.34. The zero-order valence-corrected chi connectivity index (χ0v) is 15.0. The SMILES string of the molecule is CCCN1C(=O)C(=O)/C(=C(/O)c2ccccc2)C1c1c[nH]c2ccccc12. The van der Waals surface area contributed by atoms with E-state index >= 15 is 0 Å². The van der Waals surface area contributed by atoms with Crippen LogP contribution in [0.15, 0.2) is 66.4 Å². The highest BCUT2D eigenvalue weighted by molar-refractivity contribution is 6.46. The third-order valence-electron chi connectivity index (χ3n) is 4.97. The number of amides is 1. The molecule has 2 N–H and O–H groups in total. The molecule has 0 aliphatic carbocycles. The van der Waals surface area contributed by atoms with Crippen molar-refractivity contribution in [3.8, 4) is 0 Å². The first-order chi connectivity index (χ1) is 13.1. The van der Waals surface area contributed by atoms with Gasteiger partial charge in [0.15, 0.2) is 0 Å². The fourth-order valence-electron chi connectivity index (χ4n) is 3.75. The van der Waals surface area contributed by atoms with Crippen molar-refractivity contribution >= 4 is 28.4 Å². The number of fused-ring (bicyclic) bond motifs is 1. The smallest absolute Gasteiger partial charge is 0.295 e. The molecule has 0 saturated carbocycles. The van der Waals surface area contributed by atoms with Crippen molar-refractivity contribution in [2.24, 2.45) is 0 Å². The molecule has 3 aromatic rings. The molecule has 1 aliphatic rings. The molecule has 2 aromatic carbocycles. The Bertz CT molecular complexity index is 1050. The summed E-state index contributed by atoms with van der Waals surface area (Å²) in [5, 5.41) is 11.8. The van der Waals surface area contributed by atoms with Crippen LogP contribution in [0.3, 0.4) is 0 Å². The van der Waals surface area contributed by atoms with Gasteiger partial charge in [-0.25, -0.2) is 0 Å². The van der Waals surface area contributed by atoms with Crippen molar-refractivity contribution in [3.63, 3.8) is 0 Å². The molecule has 1 atom stereocenters. The van der Waals surface area contributed by atoms with Gasteiger partial charge in [0, 0.05) is 34.8 Å². The lowest BCUT2D eigenvalue weighted by Gasteiger charge is -2.24. The minimum Gasteiger partial charge on any atom is -0.507 e. The average molecular weight is 360 g/mol. The zero-order chi connectivity index (χ0) is 19.0. The number of likely N-dealkylation sites (tertiary alicyclic amines) is 1. The molecule has 1 aliphatic heterocycles. The lowest BCUT2D eigenvalue weighted by atomic mass is 9.95. The molecule has 0 radical (unpaired) electrons. The minimum absolute atomic E-state index is 0.136. The fraction of sp³-hybridized carbons (Fsp3) is 0.182. The second-order valence-corrected chi connectivity index (χ2v) is 6.65. The Morgan fingerprint density at radius 3 is 2.52 bits per heavy atom. The highest BCUT2D eigenvalue weighted by atomic mass is 16.3. The van der Waals surface area contributed by atoms with Gasteiger partial charge in [-0.3, -0.25) is 9.59 Å². The quantitative estimate of drug-likeness (QED) is 0.420. The molecule has 1 amide bonds. The molecule has 27 heavy (non-hydrogen) atoms. The standard InChI is InChI=1S/C22H20N2O3/c1-2-12-24-19(16-13-23-17-11-7-6-10-15(16)17)18(21(26)22(24)27)20(25)14-8-4-3-5-9-14/h3-11,13,19,23,25H,2,12H2,1H3/b20-18+. The van der Waals surface area contributed by atoms with Gasteiger partial charge in [0.2, 0.25) is 0 Å². The maximum absolute atomic E-state index is 12.8. The van der Waals surface area contributed by atoms with Crippen molar-refractivity contribution in [3.05, 3.63) is 77.5 Å². The Kier molecular flexibility index (Phi) is 4.28. The Morgan fingerprint density at radius 2 is 1.78 bits per heavy atom. The van der Waals surface area contributed by atoms with E-state index in [9.17, 15) is 14.7 Å². The van der Waals surface area contributed by atoms with Gasteiger partial charge in [-0.1, -0.05) is 55.5 Å². The van der Waals surface area contributed by atoms with Gasteiger partial charge < -0.3 is 15.0 Å². The van der Waals surface area contributed by atoms with Gasteiger partial charge >= 0.3 is 0 Å². The van der Waals surface area contributed by atoms with Crippen LogP contribution in [0.1, 0.15) is 30.5 Å². The number of carbonyl (C=O) groups is 2. The number of nitrogens with one attached hydrogen (secondary N) is 1. The number of hydrogen-bond donors (Lipinski definition) is 2. The molecule has 1 unspecified atom stereocenters. The number of Topliss-reactive ketones (excluding diaryl/α,β-unsaturated/α-hetero) is 1. The van der Waals surface area contributed by atoms with E-state index in [0.29, 0.717) is 12.1 Å². The summed E-state index contributed by atoms with van der Waals surface area (Å²) >= 11 is 0. The topological polar surface area (TPSA) is 73.4 Å². The average Bonchev–Trinajstić information content (AvgIpc) is 3.23. The Labute approximate surface area is 156 Å². The van der Waals surface area contributed by atoms with Crippen molar-refractivity contribution < 1.29 is 14.7 Å². The first-order valence-electron chi connectivity index (χ1n) is 9.03. The van der Waals surface area contributed by atoms with E-state index in [4.69, 9.17) is 0 Å². The van der Waals surface area contributed by atoms with Crippen LogP contribution in [0.5, 0.6) is 0 Å². The van der Waals surface area contributed by atoms with Crippen LogP contribution < -0.4 is 0 Å². The van der Waals surface area contributed by atoms with E-state index in [2.05, 4.69) is 4.98 Å². The second kappa shape index (κ2) is 6.76. The van der Waals surface area contributed by atoms with Crippen LogP contribution in [0.2, 0.25) is 0 Å². The number of rotatable bonds is 4. The molecule has 1 aromatic heterocycles. The van der Waals surface area contributed by atoms with Crippen molar-refractivity contribution in [2.75, 3.05) is 6.54 Å². The van der Waals surface area contributed by atoms with E-state index in [1.165, 1.54) is 0 Å². The summed E-state index contributed by atoms with van der Waals surface area (Å²) in [4.78, 5) is 30.3. The molecule has 4 rings (SSSR count). The number of aliphatic hydroxyl groups excluding tert-OH is 1. The van der Waals surface area contributed by atoms with Crippen LogP contribution in [-0.4, -0.2) is 33.2 Å². The summed E-state index contributed by atoms with van der Waals surface area (Å²) in [6.07, 6.45) is 2.54. The number of nitrogens with zero attached hydrogens (tertiary/aromatic N) is 1. The number of hydrogen-bond acceptors (Lipinski definition) is 3. The molecule has 136 valence electrons. The number of carbonyl (C=O) groups excluding carboxylic acids is 2. The van der Waals surface area contributed by atoms with Gasteiger partial charge in [0.1, 0.15) is 5.76 Å². The predicted octanol–water partition coefficient (Wildman–Crippen LogP) is 4.00. The van der Waals surface area contributed by atoms with Crippen LogP contribution in [0, 0.1) is 0 Å². The zero-order valence-electron chi connectivity index (χ0n) is 15.0. The van der Waals surface area contributed by atoms with Crippen LogP contribution >= 0.6 is 0 Å². The summed E-state index contributed by atoms with van der Waals surface area (Å²) in [5.74, 6) is -1.34. The molecule has 5 nitrogen and oxygen atoms in total.